The minimum atomic E-state index is -0.881. The molecule has 3 atom stereocenters. The van der Waals surface area contributed by atoms with E-state index in [1.165, 1.54) is 18.1 Å². The van der Waals surface area contributed by atoms with Gasteiger partial charge in [0.25, 0.3) is 0 Å². The lowest BCUT2D eigenvalue weighted by Gasteiger charge is -2.37. The van der Waals surface area contributed by atoms with Crippen LogP contribution in [0.15, 0.2) is 30.3 Å². The van der Waals surface area contributed by atoms with Crippen molar-refractivity contribution in [1.82, 2.24) is 0 Å². The fraction of sp³-hybridized carbons (Fsp3) is 0.579. The van der Waals surface area contributed by atoms with Gasteiger partial charge < -0.3 is 34.3 Å². The highest BCUT2D eigenvalue weighted by Crippen LogP contribution is 2.37. The Kier molecular flexibility index (Phi) is 14.5. The van der Waals surface area contributed by atoms with Crippen molar-refractivity contribution in [1.29, 1.82) is 0 Å². The minimum absolute atomic E-state index is 0.00304. The number of rotatable bonds is 14. The maximum Gasteiger partial charge on any atom is 0.414 e. The molecule has 1 heterocycles. The first-order valence-electron chi connectivity index (χ1n) is 18.1. The highest BCUT2D eigenvalue weighted by molar-refractivity contribution is 5.95. The van der Waals surface area contributed by atoms with Gasteiger partial charge in [-0.05, 0) is 81.5 Å². The number of carbonyl (C=O) groups is 4. The van der Waals surface area contributed by atoms with Gasteiger partial charge in [0.1, 0.15) is 12.4 Å². The van der Waals surface area contributed by atoms with Gasteiger partial charge in [-0.2, -0.15) is 0 Å². The lowest BCUT2D eigenvalue weighted by Crippen LogP contribution is -2.38. The van der Waals surface area contributed by atoms with Crippen LogP contribution in [-0.4, -0.2) is 75.3 Å². The molecule has 2 aromatic carbocycles. The zero-order valence-electron chi connectivity index (χ0n) is 31.0. The first-order valence-corrected chi connectivity index (χ1v) is 18.1. The van der Waals surface area contributed by atoms with E-state index < -0.39 is 29.9 Å². The fourth-order valence-corrected chi connectivity index (χ4v) is 7.05. The summed E-state index contributed by atoms with van der Waals surface area (Å²) in [6.45, 7) is 10.2. The van der Waals surface area contributed by atoms with Gasteiger partial charge in [0, 0.05) is 30.4 Å². The van der Waals surface area contributed by atoms with Crippen molar-refractivity contribution in [3.8, 4) is 5.75 Å². The summed E-state index contributed by atoms with van der Waals surface area (Å²) in [4.78, 5) is 53.5. The quantitative estimate of drug-likeness (QED) is 0.181. The molecular formula is C38H53FN4O9. The number of ether oxygens (including phenoxy) is 4. The molecule has 3 N–H and O–H groups in total. The third-order valence-electron chi connectivity index (χ3n) is 9.88. The first-order chi connectivity index (χ1) is 24.9. The average molecular weight is 729 g/mol. The average Bonchev–Trinajstić information content (AvgIpc) is 3.11. The highest BCUT2D eigenvalue weighted by atomic mass is 19.1. The number of carbonyl (C=O) groups excluding carboxylic acids is 3. The third kappa shape index (κ3) is 10.3. The Morgan fingerprint density at radius 2 is 1.67 bits per heavy atom. The molecule has 0 bridgehead atoms. The van der Waals surface area contributed by atoms with Gasteiger partial charge in [0.2, 0.25) is 5.91 Å². The summed E-state index contributed by atoms with van der Waals surface area (Å²) < 4.78 is 38.5. The summed E-state index contributed by atoms with van der Waals surface area (Å²) in [5.74, 6) is -0.925. The number of aliphatic carboxylic acids is 1. The van der Waals surface area contributed by atoms with Crippen LogP contribution in [0.3, 0.4) is 0 Å². The summed E-state index contributed by atoms with van der Waals surface area (Å²) in [5.41, 5.74) is 1.00. The van der Waals surface area contributed by atoms with Crippen molar-refractivity contribution < 1.29 is 47.6 Å². The maximum absolute atomic E-state index is 16.4. The number of anilines is 4. The van der Waals surface area contributed by atoms with Crippen LogP contribution in [0, 0.1) is 29.5 Å². The molecule has 2 fully saturated rings. The lowest BCUT2D eigenvalue weighted by molar-refractivity contribution is -0.142. The number of piperidine rings is 1. The van der Waals surface area contributed by atoms with Crippen LogP contribution in [0.4, 0.5) is 36.7 Å². The number of carboxylic acid groups (broad SMARTS) is 1. The van der Waals surface area contributed by atoms with E-state index in [0.717, 1.165) is 19.3 Å². The number of nitrogens with zero attached hydrogens (tertiary/aromatic N) is 2. The van der Waals surface area contributed by atoms with Crippen molar-refractivity contribution in [2.45, 2.75) is 79.4 Å². The van der Waals surface area contributed by atoms with Crippen LogP contribution >= 0.6 is 0 Å². The van der Waals surface area contributed by atoms with Crippen LogP contribution in [0.1, 0.15) is 72.3 Å². The molecule has 0 aromatic heterocycles. The molecule has 4 rings (SSSR count). The molecule has 2 aromatic rings. The molecule has 1 saturated carbocycles. The Morgan fingerprint density at radius 3 is 2.31 bits per heavy atom. The fourth-order valence-electron chi connectivity index (χ4n) is 7.05. The van der Waals surface area contributed by atoms with Gasteiger partial charge >= 0.3 is 18.2 Å². The highest BCUT2D eigenvalue weighted by Gasteiger charge is 2.33. The zero-order valence-corrected chi connectivity index (χ0v) is 31.0. The Labute approximate surface area is 305 Å². The molecule has 3 unspecified atom stereocenters. The molecular weight excluding hydrogens is 675 g/mol. The lowest BCUT2D eigenvalue weighted by atomic mass is 9.75. The second kappa shape index (κ2) is 18.8. The number of benzene rings is 2. The number of halogens is 1. The topological polar surface area (TPSA) is 156 Å². The molecule has 0 radical (unpaired) electrons. The van der Waals surface area contributed by atoms with Crippen molar-refractivity contribution in [3.05, 3.63) is 41.7 Å². The van der Waals surface area contributed by atoms with Gasteiger partial charge in [0.15, 0.2) is 5.82 Å². The van der Waals surface area contributed by atoms with E-state index in [0.29, 0.717) is 60.7 Å². The predicted octanol–water partition coefficient (Wildman–Crippen LogP) is 7.28. The first kappa shape index (κ1) is 40.2. The van der Waals surface area contributed by atoms with Gasteiger partial charge in [0.05, 0.1) is 56.0 Å². The molecule has 14 heteroatoms. The predicted molar refractivity (Wildman–Crippen MR) is 196 cm³/mol. The molecule has 13 nitrogen and oxygen atoms in total. The third-order valence-corrected chi connectivity index (χ3v) is 9.88. The molecule has 1 aliphatic heterocycles. The summed E-state index contributed by atoms with van der Waals surface area (Å²) in [5, 5.41) is 14.8. The van der Waals surface area contributed by atoms with Crippen LogP contribution in [0.2, 0.25) is 0 Å². The van der Waals surface area contributed by atoms with E-state index in [9.17, 15) is 24.3 Å². The van der Waals surface area contributed by atoms with E-state index >= 15 is 4.39 Å². The molecule has 2 aliphatic rings. The molecule has 286 valence electrons. The van der Waals surface area contributed by atoms with Gasteiger partial charge in [-0.3, -0.25) is 19.8 Å². The van der Waals surface area contributed by atoms with Crippen molar-refractivity contribution in [3.63, 3.8) is 0 Å². The van der Waals surface area contributed by atoms with E-state index in [4.69, 9.17) is 18.9 Å². The van der Waals surface area contributed by atoms with Crippen LogP contribution < -0.4 is 25.2 Å². The standard InChI is InChI=1S/C38H53FN4O9/c1-7-50-37(47)41-30-13-14-31(42-17-15-25(16-18-42)36(45)46)28(35(30)39)21-43(38(48)51-8-2)26-10-12-29(33(20-26)49-6)40-34(44)22-52-32-19-24(5)9-11-27(32)23(3)4/h10,12-14,20,23-25,27,32H,7-9,11,15-19,21-22H2,1-6H3,(H,40,44)(H,41,47)(H,45,46). The van der Waals surface area contributed by atoms with Crippen LogP contribution in [0.25, 0.3) is 0 Å². The maximum atomic E-state index is 16.4. The van der Waals surface area contributed by atoms with Crippen molar-refractivity contribution >= 4 is 46.8 Å². The zero-order chi connectivity index (χ0) is 37.9. The summed E-state index contributed by atoms with van der Waals surface area (Å²) in [6.07, 6.45) is 2.22. The molecule has 3 amide bonds. The number of amides is 3. The Balaban J connectivity index is 1.62. The monoisotopic (exact) mass is 728 g/mol. The van der Waals surface area contributed by atoms with Crippen LogP contribution in [0.5, 0.6) is 5.75 Å². The summed E-state index contributed by atoms with van der Waals surface area (Å²) in [7, 11) is 1.43. The Bertz CT molecular complexity index is 1560. The van der Waals surface area contributed by atoms with E-state index in [2.05, 4.69) is 31.4 Å². The second-order valence-corrected chi connectivity index (χ2v) is 13.8. The number of carboxylic acids is 1. The van der Waals surface area contributed by atoms with E-state index in [-0.39, 0.29) is 55.4 Å². The SMILES string of the molecule is CCOC(=O)Nc1ccc(N2CCC(C(=O)O)CC2)c(CN(C(=O)OCC)c2ccc(NC(=O)COC3CC(C)CCC3C(C)C)c(OC)c2)c1F. The van der Waals surface area contributed by atoms with Crippen molar-refractivity contribution in [2.24, 2.45) is 23.7 Å². The molecule has 0 spiro atoms. The number of hydrogen-bond donors (Lipinski definition) is 3. The van der Waals surface area contributed by atoms with Crippen LogP contribution in [-0.2, 0) is 30.3 Å². The van der Waals surface area contributed by atoms with Crippen molar-refractivity contribution in [2.75, 3.05) is 60.5 Å². The van der Waals surface area contributed by atoms with Gasteiger partial charge in [-0.15, -0.1) is 0 Å². The Morgan fingerprint density at radius 1 is 0.981 bits per heavy atom. The largest absolute Gasteiger partial charge is 0.494 e. The van der Waals surface area contributed by atoms with E-state index in [1.807, 2.05) is 4.90 Å². The molecule has 1 aliphatic carbocycles. The smallest absolute Gasteiger partial charge is 0.414 e. The molecule has 1 saturated heterocycles. The van der Waals surface area contributed by atoms with Gasteiger partial charge in [-0.1, -0.05) is 27.2 Å². The Hall–Kier alpha value is -4.59. The summed E-state index contributed by atoms with van der Waals surface area (Å²) in [6, 6.07) is 7.75. The molecule has 52 heavy (non-hydrogen) atoms. The number of nitrogens with one attached hydrogen (secondary N) is 2. The second-order valence-electron chi connectivity index (χ2n) is 13.8. The summed E-state index contributed by atoms with van der Waals surface area (Å²) >= 11 is 0. The normalized spacial score (nSPS) is 19.2. The minimum Gasteiger partial charge on any atom is -0.494 e. The van der Waals surface area contributed by atoms with E-state index in [1.54, 1.807) is 38.1 Å². The van der Waals surface area contributed by atoms with Gasteiger partial charge in [-0.25, -0.2) is 14.0 Å². The number of methoxy groups -OCH3 is 1. The number of hydrogen-bond acceptors (Lipinski definition) is 9.